The molecule has 1 aromatic carbocycles. The summed E-state index contributed by atoms with van der Waals surface area (Å²) in [5.74, 6) is 0.682. The van der Waals surface area contributed by atoms with Gasteiger partial charge in [0.25, 0.3) is 0 Å². The summed E-state index contributed by atoms with van der Waals surface area (Å²) in [7, 11) is 0. The lowest BCUT2D eigenvalue weighted by atomic mass is 9.86. The average Bonchev–Trinajstić information content (AvgIpc) is 3.13. The number of aromatic hydroxyl groups is 1. The molecule has 3 aliphatic rings. The largest absolute Gasteiger partial charge is 0.507 e. The Morgan fingerprint density at radius 2 is 2.07 bits per heavy atom. The maximum Gasteiger partial charge on any atom is 0.408 e. The molecule has 0 radical (unpaired) electrons. The SMILES string of the molecule is CC(C)(NC(=O)O[C@@H]1CN2CCC1CC2)c1csc(-c2ccccc2O)n1. The number of fused-ring (bicyclic) bond motifs is 3. The zero-order chi connectivity index (χ0) is 19.0. The number of hydrogen-bond acceptors (Lipinski definition) is 6. The summed E-state index contributed by atoms with van der Waals surface area (Å²) < 4.78 is 5.74. The molecule has 1 amide bonds. The van der Waals surface area contributed by atoms with Crippen LogP contribution >= 0.6 is 11.3 Å². The van der Waals surface area contributed by atoms with Crippen LogP contribution in [-0.4, -0.2) is 46.8 Å². The first-order valence-corrected chi connectivity index (χ1v) is 10.3. The summed E-state index contributed by atoms with van der Waals surface area (Å²) in [4.78, 5) is 19.5. The van der Waals surface area contributed by atoms with Crippen molar-refractivity contribution in [2.24, 2.45) is 5.92 Å². The Morgan fingerprint density at radius 1 is 1.33 bits per heavy atom. The van der Waals surface area contributed by atoms with Crippen molar-refractivity contribution < 1.29 is 14.6 Å². The van der Waals surface area contributed by atoms with E-state index in [9.17, 15) is 9.90 Å². The van der Waals surface area contributed by atoms with E-state index in [2.05, 4.69) is 15.2 Å². The van der Waals surface area contributed by atoms with Crippen molar-refractivity contribution in [2.45, 2.75) is 38.3 Å². The summed E-state index contributed by atoms with van der Waals surface area (Å²) in [6.07, 6.45) is 1.81. The van der Waals surface area contributed by atoms with Gasteiger partial charge in [0, 0.05) is 11.9 Å². The summed E-state index contributed by atoms with van der Waals surface area (Å²) >= 11 is 1.45. The van der Waals surface area contributed by atoms with Gasteiger partial charge in [-0.05, 0) is 57.8 Å². The molecule has 0 saturated carbocycles. The van der Waals surface area contributed by atoms with E-state index >= 15 is 0 Å². The first-order valence-electron chi connectivity index (χ1n) is 9.38. The smallest absolute Gasteiger partial charge is 0.408 e. The van der Waals surface area contributed by atoms with Gasteiger partial charge in [0.15, 0.2) is 0 Å². The van der Waals surface area contributed by atoms with Crippen molar-refractivity contribution in [3.05, 3.63) is 35.3 Å². The van der Waals surface area contributed by atoms with Crippen molar-refractivity contribution in [3.8, 4) is 16.3 Å². The van der Waals surface area contributed by atoms with Crippen LogP contribution in [0.1, 0.15) is 32.4 Å². The normalized spacial score (nSPS) is 24.6. The minimum atomic E-state index is -0.662. The Morgan fingerprint density at radius 3 is 2.74 bits per heavy atom. The number of hydrogen-bond donors (Lipinski definition) is 2. The molecule has 144 valence electrons. The highest BCUT2D eigenvalue weighted by Crippen LogP contribution is 2.34. The number of rotatable bonds is 4. The molecular formula is C20H25N3O3S. The molecule has 4 heterocycles. The Hall–Kier alpha value is -2.12. The number of nitrogens with zero attached hydrogens (tertiary/aromatic N) is 2. The molecule has 3 aliphatic heterocycles. The quantitative estimate of drug-likeness (QED) is 0.839. The molecule has 27 heavy (non-hydrogen) atoms. The van der Waals surface area contributed by atoms with Gasteiger partial charge in [0.1, 0.15) is 16.9 Å². The molecule has 2 bridgehead atoms. The second-order valence-corrected chi connectivity index (χ2v) is 8.74. The number of carbonyl (C=O) groups is 1. The molecule has 6 nitrogen and oxygen atoms in total. The monoisotopic (exact) mass is 387 g/mol. The molecule has 0 aliphatic carbocycles. The first kappa shape index (κ1) is 18.3. The number of phenolic OH excluding ortho intramolecular Hbond substituents is 1. The summed E-state index contributed by atoms with van der Waals surface area (Å²) in [5, 5.41) is 15.6. The van der Waals surface area contributed by atoms with Crippen LogP contribution in [0.3, 0.4) is 0 Å². The van der Waals surface area contributed by atoms with Crippen LogP contribution in [0.4, 0.5) is 4.79 Å². The van der Waals surface area contributed by atoms with Gasteiger partial charge in [-0.1, -0.05) is 12.1 Å². The second-order valence-electron chi connectivity index (χ2n) is 7.89. The van der Waals surface area contributed by atoms with Gasteiger partial charge in [-0.25, -0.2) is 9.78 Å². The maximum atomic E-state index is 12.5. The Kier molecular flexibility index (Phi) is 4.82. The highest BCUT2D eigenvalue weighted by molar-refractivity contribution is 7.13. The fraction of sp³-hybridized carbons (Fsp3) is 0.500. The molecule has 2 aromatic rings. The number of alkyl carbamates (subject to hydrolysis) is 1. The predicted octanol–water partition coefficient (Wildman–Crippen LogP) is 3.57. The molecule has 0 unspecified atom stereocenters. The van der Waals surface area contributed by atoms with Gasteiger partial charge < -0.3 is 15.2 Å². The minimum absolute atomic E-state index is 0.0180. The highest BCUT2D eigenvalue weighted by atomic mass is 32.1. The lowest BCUT2D eigenvalue weighted by Crippen LogP contribution is -2.53. The molecule has 1 aromatic heterocycles. The number of thiazole rings is 1. The fourth-order valence-electron chi connectivity index (χ4n) is 3.87. The Labute approximate surface area is 163 Å². The van der Waals surface area contributed by atoms with E-state index in [1.807, 2.05) is 31.4 Å². The van der Waals surface area contributed by atoms with Crippen molar-refractivity contribution in [3.63, 3.8) is 0 Å². The molecule has 3 saturated heterocycles. The average molecular weight is 388 g/mol. The number of nitrogens with one attached hydrogen (secondary N) is 1. The molecule has 2 N–H and O–H groups in total. The van der Waals surface area contributed by atoms with Gasteiger partial charge in [-0.15, -0.1) is 11.3 Å². The second kappa shape index (κ2) is 7.13. The van der Waals surface area contributed by atoms with E-state index in [1.165, 1.54) is 11.3 Å². The standard InChI is InChI=1S/C20H25N3O3S/c1-20(2,17-12-27-18(21-17)14-5-3-4-6-15(14)24)22-19(25)26-16-11-23-9-7-13(16)8-10-23/h3-6,12-13,16,24H,7-11H2,1-2H3,(H,22,25)/t16-/m1/s1. The van der Waals surface area contributed by atoms with Crippen LogP contribution < -0.4 is 5.32 Å². The Bertz CT molecular complexity index is 827. The molecule has 3 fully saturated rings. The van der Waals surface area contributed by atoms with Crippen LogP contribution in [0.15, 0.2) is 29.6 Å². The third-order valence-electron chi connectivity index (χ3n) is 5.55. The van der Waals surface area contributed by atoms with E-state index in [-0.39, 0.29) is 11.9 Å². The van der Waals surface area contributed by atoms with Crippen LogP contribution in [-0.2, 0) is 10.3 Å². The predicted molar refractivity (Wildman–Crippen MR) is 105 cm³/mol. The lowest BCUT2D eigenvalue weighted by molar-refractivity contribution is -0.0350. The molecule has 7 heteroatoms. The number of piperidine rings is 3. The number of ether oxygens (including phenoxy) is 1. The zero-order valence-corrected chi connectivity index (χ0v) is 16.5. The number of benzene rings is 1. The highest BCUT2D eigenvalue weighted by Gasteiger charge is 2.37. The van der Waals surface area contributed by atoms with E-state index in [0.29, 0.717) is 11.5 Å². The van der Waals surface area contributed by atoms with Crippen LogP contribution in [0.25, 0.3) is 10.6 Å². The third-order valence-corrected chi connectivity index (χ3v) is 6.42. The van der Waals surface area contributed by atoms with Crippen molar-refractivity contribution in [1.82, 2.24) is 15.2 Å². The number of phenols is 1. The topological polar surface area (TPSA) is 74.7 Å². The number of aromatic nitrogens is 1. The van der Waals surface area contributed by atoms with E-state index < -0.39 is 11.6 Å². The first-order chi connectivity index (χ1) is 12.9. The van der Waals surface area contributed by atoms with Gasteiger partial charge >= 0.3 is 6.09 Å². The van der Waals surface area contributed by atoms with Crippen molar-refractivity contribution >= 4 is 17.4 Å². The van der Waals surface area contributed by atoms with Crippen molar-refractivity contribution in [1.29, 1.82) is 0 Å². The molecule has 0 spiro atoms. The maximum absolute atomic E-state index is 12.5. The number of amides is 1. The summed E-state index contributed by atoms with van der Waals surface area (Å²) in [6.45, 7) is 6.90. The van der Waals surface area contributed by atoms with Crippen LogP contribution in [0, 0.1) is 5.92 Å². The third kappa shape index (κ3) is 3.80. The van der Waals surface area contributed by atoms with Crippen LogP contribution in [0.5, 0.6) is 5.75 Å². The van der Waals surface area contributed by atoms with Crippen molar-refractivity contribution in [2.75, 3.05) is 19.6 Å². The van der Waals surface area contributed by atoms with E-state index in [0.717, 1.165) is 43.2 Å². The molecule has 5 rings (SSSR count). The zero-order valence-electron chi connectivity index (χ0n) is 15.6. The van der Waals surface area contributed by atoms with E-state index in [4.69, 9.17) is 4.74 Å². The van der Waals surface area contributed by atoms with Gasteiger partial charge in [-0.3, -0.25) is 4.90 Å². The number of carbonyl (C=O) groups excluding carboxylic acids is 1. The summed E-state index contributed by atoms with van der Waals surface area (Å²) in [6, 6.07) is 7.12. The Balaban J connectivity index is 1.42. The number of para-hydroxylation sites is 1. The fourth-order valence-corrected chi connectivity index (χ4v) is 4.89. The van der Waals surface area contributed by atoms with Gasteiger partial charge in [0.2, 0.25) is 0 Å². The minimum Gasteiger partial charge on any atom is -0.507 e. The van der Waals surface area contributed by atoms with E-state index in [1.54, 1.807) is 12.1 Å². The lowest BCUT2D eigenvalue weighted by Gasteiger charge is -2.44. The molecule has 1 atom stereocenters. The van der Waals surface area contributed by atoms with Gasteiger partial charge in [0.05, 0.1) is 16.8 Å². The van der Waals surface area contributed by atoms with Crippen LogP contribution in [0.2, 0.25) is 0 Å². The summed E-state index contributed by atoms with van der Waals surface area (Å²) in [5.41, 5.74) is 0.778. The molecular weight excluding hydrogens is 362 g/mol. The van der Waals surface area contributed by atoms with Gasteiger partial charge in [-0.2, -0.15) is 0 Å².